The normalized spacial score (nSPS) is 11.7. The van der Waals surface area contributed by atoms with Crippen molar-refractivity contribution in [2.75, 3.05) is 16.8 Å². The minimum atomic E-state index is -0.112. The molecule has 1 unspecified atom stereocenters. The van der Waals surface area contributed by atoms with Crippen LogP contribution in [0.5, 0.6) is 0 Å². The van der Waals surface area contributed by atoms with Crippen molar-refractivity contribution in [3.05, 3.63) is 78.4 Å². The highest BCUT2D eigenvalue weighted by Gasteiger charge is 2.10. The molecule has 1 atom stereocenters. The molecule has 0 radical (unpaired) electrons. The lowest BCUT2D eigenvalue weighted by molar-refractivity contribution is -0.119. The molecule has 0 aliphatic heterocycles. The highest BCUT2D eigenvalue weighted by molar-refractivity contribution is 8.00. The highest BCUT2D eigenvalue weighted by Crippen LogP contribution is 2.19. The number of carbonyl (C=O) groups excluding carboxylic acids is 2. The maximum absolute atomic E-state index is 12.1. The van der Waals surface area contributed by atoms with E-state index in [9.17, 15) is 9.59 Å². The van der Waals surface area contributed by atoms with Crippen molar-refractivity contribution in [1.29, 1.82) is 0 Å². The van der Waals surface area contributed by atoms with Gasteiger partial charge in [-0.15, -0.1) is 11.8 Å². The molecule has 3 aromatic carbocycles. The van der Waals surface area contributed by atoms with Crippen LogP contribution in [0, 0.1) is 0 Å². The molecule has 0 aliphatic carbocycles. The molecule has 0 saturated carbocycles. The number of amides is 2. The highest BCUT2D eigenvalue weighted by atomic mass is 32.2. The molecule has 0 aliphatic rings. The lowest BCUT2D eigenvalue weighted by Crippen LogP contribution is -2.28. The molecule has 0 aromatic heterocycles. The topological polar surface area (TPSA) is 58.2 Å². The Hall–Kier alpha value is -2.79. The zero-order chi connectivity index (χ0) is 19.1. The van der Waals surface area contributed by atoms with Gasteiger partial charge in [0.25, 0.3) is 0 Å². The summed E-state index contributed by atoms with van der Waals surface area (Å²) in [5.41, 5.74) is 1.83. The van der Waals surface area contributed by atoms with Crippen LogP contribution in [0.2, 0.25) is 0 Å². The second-order valence-corrected chi connectivity index (χ2v) is 7.29. The van der Waals surface area contributed by atoms with Crippen LogP contribution in [0.1, 0.15) is 18.5 Å². The summed E-state index contributed by atoms with van der Waals surface area (Å²) in [4.78, 5) is 24.2. The van der Waals surface area contributed by atoms with E-state index in [1.807, 2.05) is 79.7 Å². The first-order valence-corrected chi connectivity index (χ1v) is 9.98. The third-order valence-electron chi connectivity index (χ3n) is 4.18. The second kappa shape index (κ2) is 9.24. The Kier molecular flexibility index (Phi) is 6.49. The predicted molar refractivity (Wildman–Crippen MR) is 113 cm³/mol. The van der Waals surface area contributed by atoms with Gasteiger partial charge in [0, 0.05) is 5.69 Å². The van der Waals surface area contributed by atoms with Crippen LogP contribution >= 0.6 is 11.8 Å². The Labute approximate surface area is 163 Å². The van der Waals surface area contributed by atoms with E-state index >= 15 is 0 Å². The van der Waals surface area contributed by atoms with Crippen LogP contribution in [0.4, 0.5) is 5.69 Å². The number of carbonyl (C=O) groups is 2. The van der Waals surface area contributed by atoms with Gasteiger partial charge in [0.2, 0.25) is 11.8 Å². The minimum absolute atomic E-state index is 0.0503. The molecule has 0 bridgehead atoms. The summed E-state index contributed by atoms with van der Waals surface area (Å²) in [7, 11) is 0. The molecule has 0 saturated heterocycles. The fourth-order valence-corrected chi connectivity index (χ4v) is 3.44. The van der Waals surface area contributed by atoms with Crippen LogP contribution in [0.3, 0.4) is 0 Å². The Morgan fingerprint density at radius 2 is 1.52 bits per heavy atom. The van der Waals surface area contributed by atoms with Gasteiger partial charge in [0.05, 0.1) is 17.5 Å². The second-order valence-electron chi connectivity index (χ2n) is 6.30. The molecular weight excluding hydrogens is 356 g/mol. The standard InChI is InChI=1S/C22H22N2O2S/c1-16(17-7-3-2-4-8-17)23-21(25)14-27-15-22(26)24-20-12-11-18-9-5-6-10-19(18)13-20/h2-13,16H,14-15H2,1H3,(H,23,25)(H,24,26). The quantitative estimate of drug-likeness (QED) is 0.641. The van der Waals surface area contributed by atoms with E-state index in [1.54, 1.807) is 0 Å². The summed E-state index contributed by atoms with van der Waals surface area (Å²) < 4.78 is 0. The predicted octanol–water partition coefficient (Wildman–Crippen LogP) is 4.39. The van der Waals surface area contributed by atoms with Crippen molar-refractivity contribution in [2.45, 2.75) is 13.0 Å². The smallest absolute Gasteiger partial charge is 0.234 e. The average molecular weight is 378 g/mol. The number of hydrogen-bond acceptors (Lipinski definition) is 3. The zero-order valence-corrected chi connectivity index (χ0v) is 16.0. The number of hydrogen-bond donors (Lipinski definition) is 2. The number of fused-ring (bicyclic) bond motifs is 1. The maximum atomic E-state index is 12.1. The molecular formula is C22H22N2O2S. The van der Waals surface area contributed by atoms with Crippen molar-refractivity contribution >= 4 is 40.0 Å². The van der Waals surface area contributed by atoms with E-state index in [0.29, 0.717) is 0 Å². The van der Waals surface area contributed by atoms with Gasteiger partial charge in [-0.1, -0.05) is 60.7 Å². The van der Waals surface area contributed by atoms with Crippen molar-refractivity contribution in [1.82, 2.24) is 5.32 Å². The number of anilines is 1. The molecule has 3 rings (SSSR count). The Balaban J connectivity index is 1.42. The van der Waals surface area contributed by atoms with Crippen LogP contribution < -0.4 is 10.6 Å². The van der Waals surface area contributed by atoms with Crippen LogP contribution in [0.15, 0.2) is 72.8 Å². The number of nitrogens with one attached hydrogen (secondary N) is 2. The first kappa shape index (κ1) is 19.0. The van der Waals surface area contributed by atoms with Crippen molar-refractivity contribution < 1.29 is 9.59 Å². The molecule has 0 heterocycles. The fraction of sp³-hybridized carbons (Fsp3) is 0.182. The van der Waals surface area contributed by atoms with Gasteiger partial charge in [-0.2, -0.15) is 0 Å². The zero-order valence-electron chi connectivity index (χ0n) is 15.1. The van der Waals surface area contributed by atoms with E-state index in [0.717, 1.165) is 22.0 Å². The molecule has 2 amide bonds. The largest absolute Gasteiger partial charge is 0.349 e. The molecule has 27 heavy (non-hydrogen) atoms. The van der Waals surface area contributed by atoms with Crippen molar-refractivity contribution in [2.24, 2.45) is 0 Å². The van der Waals surface area contributed by atoms with E-state index in [-0.39, 0.29) is 29.4 Å². The summed E-state index contributed by atoms with van der Waals surface area (Å²) >= 11 is 1.31. The Bertz CT molecular complexity index is 928. The maximum Gasteiger partial charge on any atom is 0.234 e. The summed E-state index contributed by atoms with van der Waals surface area (Å²) in [6, 6.07) is 23.6. The minimum Gasteiger partial charge on any atom is -0.349 e. The van der Waals surface area contributed by atoms with Gasteiger partial charge in [0.1, 0.15) is 0 Å². The number of rotatable bonds is 7. The van der Waals surface area contributed by atoms with E-state index in [1.165, 1.54) is 11.8 Å². The summed E-state index contributed by atoms with van der Waals surface area (Å²) in [6.07, 6.45) is 0. The summed E-state index contributed by atoms with van der Waals surface area (Å²) in [5.74, 6) is 0.302. The van der Waals surface area contributed by atoms with Gasteiger partial charge < -0.3 is 10.6 Å². The van der Waals surface area contributed by atoms with Crippen molar-refractivity contribution in [3.63, 3.8) is 0 Å². The summed E-state index contributed by atoms with van der Waals surface area (Å²) in [5, 5.41) is 8.05. The molecule has 2 N–H and O–H groups in total. The van der Waals surface area contributed by atoms with Crippen LogP contribution in [-0.4, -0.2) is 23.3 Å². The fourth-order valence-electron chi connectivity index (χ4n) is 2.81. The Morgan fingerprint density at radius 3 is 2.30 bits per heavy atom. The first-order chi connectivity index (χ1) is 13.1. The SMILES string of the molecule is CC(NC(=O)CSCC(=O)Nc1ccc2ccccc2c1)c1ccccc1. The number of thioether (sulfide) groups is 1. The van der Waals surface area contributed by atoms with Crippen LogP contribution in [-0.2, 0) is 9.59 Å². The van der Waals surface area contributed by atoms with Gasteiger partial charge in [-0.25, -0.2) is 0 Å². The van der Waals surface area contributed by atoms with Gasteiger partial charge in [-0.3, -0.25) is 9.59 Å². The van der Waals surface area contributed by atoms with E-state index in [4.69, 9.17) is 0 Å². The molecule has 0 spiro atoms. The average Bonchev–Trinajstić information content (AvgIpc) is 2.68. The van der Waals surface area contributed by atoms with E-state index in [2.05, 4.69) is 10.6 Å². The lowest BCUT2D eigenvalue weighted by Gasteiger charge is -2.14. The molecule has 138 valence electrons. The van der Waals surface area contributed by atoms with E-state index < -0.39 is 0 Å². The van der Waals surface area contributed by atoms with Gasteiger partial charge >= 0.3 is 0 Å². The van der Waals surface area contributed by atoms with Gasteiger partial charge in [0.15, 0.2) is 0 Å². The molecule has 3 aromatic rings. The molecule has 4 nitrogen and oxygen atoms in total. The molecule has 5 heteroatoms. The van der Waals surface area contributed by atoms with Crippen molar-refractivity contribution in [3.8, 4) is 0 Å². The number of benzene rings is 3. The lowest BCUT2D eigenvalue weighted by atomic mass is 10.1. The first-order valence-electron chi connectivity index (χ1n) is 8.82. The Morgan fingerprint density at radius 1 is 0.852 bits per heavy atom. The monoisotopic (exact) mass is 378 g/mol. The molecule has 0 fully saturated rings. The third kappa shape index (κ3) is 5.59. The summed E-state index contributed by atoms with van der Waals surface area (Å²) in [6.45, 7) is 1.95. The van der Waals surface area contributed by atoms with Gasteiger partial charge in [-0.05, 0) is 35.4 Å². The van der Waals surface area contributed by atoms with Crippen LogP contribution in [0.25, 0.3) is 10.8 Å². The third-order valence-corrected chi connectivity index (χ3v) is 5.11.